The largest absolute Gasteiger partial charge is 0.497 e. The van der Waals surface area contributed by atoms with Crippen molar-refractivity contribution >= 4 is 17.7 Å². The van der Waals surface area contributed by atoms with E-state index in [4.69, 9.17) is 14.2 Å². The number of alkyl carbamates (subject to hydrolysis) is 1. The van der Waals surface area contributed by atoms with Gasteiger partial charge in [-0.15, -0.1) is 0 Å². The predicted molar refractivity (Wildman–Crippen MR) is 166 cm³/mol. The minimum absolute atomic E-state index is 0.175. The standard InChI is InChI=1S/C35H41FN2O6/c1-22-27(14-9-15-30(22)36)31-28(32(39)23-10-7-12-25(18-23)42-5)20-38(17-16-37-34(41)44-35(2,3)4)21-29(31)33(40)24-11-8-13-26(19-24)43-6/h7-15,18-19,28-29,31H,16-17,20-21H2,1-6H3,(H,37,41)/t28-,29+,31+. The van der Waals surface area contributed by atoms with Crippen LogP contribution in [0.2, 0.25) is 0 Å². The fourth-order valence-corrected chi connectivity index (χ4v) is 5.84. The van der Waals surface area contributed by atoms with E-state index >= 15 is 4.39 Å². The number of halogens is 1. The lowest BCUT2D eigenvalue weighted by molar-refractivity contribution is 0.0478. The van der Waals surface area contributed by atoms with Crippen LogP contribution in [0.5, 0.6) is 11.5 Å². The first-order chi connectivity index (χ1) is 20.9. The number of ether oxygens (including phenoxy) is 3. The number of amides is 1. The Hall–Kier alpha value is -4.24. The van der Waals surface area contributed by atoms with Crippen molar-refractivity contribution in [1.29, 1.82) is 0 Å². The lowest BCUT2D eigenvalue weighted by Gasteiger charge is -2.43. The highest BCUT2D eigenvalue weighted by Crippen LogP contribution is 2.42. The summed E-state index contributed by atoms with van der Waals surface area (Å²) >= 11 is 0. The molecule has 0 saturated carbocycles. The van der Waals surface area contributed by atoms with Crippen molar-refractivity contribution in [2.75, 3.05) is 40.4 Å². The van der Waals surface area contributed by atoms with Crippen molar-refractivity contribution in [3.8, 4) is 11.5 Å². The van der Waals surface area contributed by atoms with Gasteiger partial charge in [-0.2, -0.15) is 0 Å². The second kappa shape index (κ2) is 14.0. The molecule has 1 heterocycles. The first kappa shape index (κ1) is 32.7. The molecule has 1 aliphatic rings. The minimum atomic E-state index is -0.697. The van der Waals surface area contributed by atoms with E-state index in [-0.39, 0.29) is 18.1 Å². The number of carbonyl (C=O) groups excluding carboxylic acids is 3. The summed E-state index contributed by atoms with van der Waals surface area (Å²) in [5, 5.41) is 2.77. The maximum atomic E-state index is 15.0. The number of ketones is 2. The number of Topliss-reactive ketones (excluding diaryl/α,β-unsaturated/α-hetero) is 2. The Morgan fingerprint density at radius 3 is 1.89 bits per heavy atom. The van der Waals surface area contributed by atoms with Crippen molar-refractivity contribution in [3.05, 3.63) is 94.8 Å². The molecule has 3 aromatic carbocycles. The van der Waals surface area contributed by atoms with Crippen molar-refractivity contribution in [2.24, 2.45) is 11.8 Å². The summed E-state index contributed by atoms with van der Waals surface area (Å²) in [6.45, 7) is 8.27. The van der Waals surface area contributed by atoms with Crippen molar-refractivity contribution in [1.82, 2.24) is 10.2 Å². The van der Waals surface area contributed by atoms with Crippen LogP contribution in [0.15, 0.2) is 66.7 Å². The molecule has 8 nitrogen and oxygen atoms in total. The Morgan fingerprint density at radius 2 is 1.39 bits per heavy atom. The third kappa shape index (κ3) is 7.82. The molecule has 0 aromatic heterocycles. The lowest BCUT2D eigenvalue weighted by atomic mass is 9.67. The summed E-state index contributed by atoms with van der Waals surface area (Å²) in [5.41, 5.74) is 1.26. The van der Waals surface area contributed by atoms with Gasteiger partial charge in [0.25, 0.3) is 0 Å². The van der Waals surface area contributed by atoms with E-state index in [0.29, 0.717) is 53.4 Å². The Morgan fingerprint density at radius 1 is 0.864 bits per heavy atom. The molecule has 1 N–H and O–H groups in total. The molecular formula is C35H41FN2O6. The summed E-state index contributed by atoms with van der Waals surface area (Å²) in [6.07, 6.45) is -0.546. The molecule has 0 spiro atoms. The van der Waals surface area contributed by atoms with Gasteiger partial charge in [0.05, 0.1) is 14.2 Å². The normalized spacial score (nSPS) is 18.8. The van der Waals surface area contributed by atoms with Crippen LogP contribution in [-0.2, 0) is 4.74 Å². The average molecular weight is 605 g/mol. The number of likely N-dealkylation sites (tertiary alicyclic amines) is 1. The van der Waals surface area contributed by atoms with Crippen LogP contribution >= 0.6 is 0 Å². The molecule has 0 radical (unpaired) electrons. The van der Waals surface area contributed by atoms with E-state index in [9.17, 15) is 14.4 Å². The number of rotatable bonds is 10. The summed E-state index contributed by atoms with van der Waals surface area (Å²) in [5.74, 6) is -1.68. The molecule has 1 amide bonds. The number of nitrogens with one attached hydrogen (secondary N) is 1. The zero-order chi connectivity index (χ0) is 32.0. The van der Waals surface area contributed by atoms with E-state index < -0.39 is 35.3 Å². The number of hydrogen-bond donors (Lipinski definition) is 1. The van der Waals surface area contributed by atoms with Crippen LogP contribution in [-0.4, -0.2) is 68.6 Å². The number of carbonyl (C=O) groups is 3. The van der Waals surface area contributed by atoms with Crippen molar-refractivity contribution < 1.29 is 33.0 Å². The Kier molecular flexibility index (Phi) is 10.4. The first-order valence-electron chi connectivity index (χ1n) is 14.7. The molecule has 0 aliphatic carbocycles. The van der Waals surface area contributed by atoms with E-state index in [1.807, 2.05) is 4.90 Å². The lowest BCUT2D eigenvalue weighted by Crippen LogP contribution is -2.52. The molecule has 44 heavy (non-hydrogen) atoms. The van der Waals surface area contributed by atoms with Gasteiger partial charge < -0.3 is 24.4 Å². The summed E-state index contributed by atoms with van der Waals surface area (Å²) in [7, 11) is 3.07. The van der Waals surface area contributed by atoms with Crippen molar-refractivity contribution in [3.63, 3.8) is 0 Å². The second-order valence-corrected chi connectivity index (χ2v) is 12.1. The molecule has 1 aliphatic heterocycles. The molecular weight excluding hydrogens is 563 g/mol. The van der Waals surface area contributed by atoms with Gasteiger partial charge in [-0.1, -0.05) is 36.4 Å². The van der Waals surface area contributed by atoms with Gasteiger partial charge in [-0.3, -0.25) is 9.59 Å². The van der Waals surface area contributed by atoms with Gasteiger partial charge in [-0.05, 0) is 69.2 Å². The fraction of sp³-hybridized carbons (Fsp3) is 0.400. The molecule has 0 unspecified atom stereocenters. The van der Waals surface area contributed by atoms with Gasteiger partial charge in [-0.25, -0.2) is 9.18 Å². The van der Waals surface area contributed by atoms with Gasteiger partial charge in [0.15, 0.2) is 11.6 Å². The van der Waals surface area contributed by atoms with Gasteiger partial charge in [0, 0.05) is 55.1 Å². The van der Waals surface area contributed by atoms with Gasteiger partial charge in [0.2, 0.25) is 0 Å². The van der Waals surface area contributed by atoms with Crippen molar-refractivity contribution in [2.45, 2.75) is 39.2 Å². The van der Waals surface area contributed by atoms with Crippen LogP contribution in [0, 0.1) is 24.6 Å². The third-order valence-corrected chi connectivity index (χ3v) is 7.92. The SMILES string of the molecule is COc1cccc(C(=O)[C@H]2CN(CCNC(=O)OC(C)(C)C)C[C@@H](C(=O)c3cccc(OC)c3)[C@@H]2c2cccc(F)c2C)c1. The van der Waals surface area contributed by atoms with E-state index in [1.54, 1.807) is 88.4 Å². The third-order valence-electron chi connectivity index (χ3n) is 7.92. The maximum absolute atomic E-state index is 15.0. The molecule has 9 heteroatoms. The second-order valence-electron chi connectivity index (χ2n) is 12.1. The molecule has 1 fully saturated rings. The zero-order valence-corrected chi connectivity index (χ0v) is 26.2. The molecule has 3 atom stereocenters. The Balaban J connectivity index is 1.76. The highest BCUT2D eigenvalue weighted by atomic mass is 19.1. The topological polar surface area (TPSA) is 94.2 Å². The summed E-state index contributed by atoms with van der Waals surface area (Å²) in [6, 6.07) is 18.6. The van der Waals surface area contributed by atoms with E-state index in [1.165, 1.54) is 20.3 Å². The monoisotopic (exact) mass is 604 g/mol. The maximum Gasteiger partial charge on any atom is 0.407 e. The highest BCUT2D eigenvalue weighted by Gasteiger charge is 2.45. The molecule has 234 valence electrons. The van der Waals surface area contributed by atoms with Crippen LogP contribution in [0.25, 0.3) is 0 Å². The molecule has 1 saturated heterocycles. The molecule has 4 rings (SSSR count). The van der Waals surface area contributed by atoms with Gasteiger partial charge in [0.1, 0.15) is 22.9 Å². The summed E-state index contributed by atoms with van der Waals surface area (Å²) < 4.78 is 31.1. The van der Waals surface area contributed by atoms with E-state index in [2.05, 4.69) is 5.32 Å². The highest BCUT2D eigenvalue weighted by molar-refractivity contribution is 6.02. The van der Waals surface area contributed by atoms with Gasteiger partial charge >= 0.3 is 6.09 Å². The average Bonchev–Trinajstić information content (AvgIpc) is 3.00. The number of piperidine rings is 1. The fourth-order valence-electron chi connectivity index (χ4n) is 5.84. The number of hydrogen-bond acceptors (Lipinski definition) is 7. The number of nitrogens with zero attached hydrogens (tertiary/aromatic N) is 1. The zero-order valence-electron chi connectivity index (χ0n) is 26.2. The Labute approximate surface area is 258 Å². The van der Waals surface area contributed by atoms with Crippen LogP contribution < -0.4 is 14.8 Å². The minimum Gasteiger partial charge on any atom is -0.497 e. The quantitative estimate of drug-likeness (QED) is 0.281. The van der Waals surface area contributed by atoms with Crippen LogP contribution in [0.1, 0.15) is 58.5 Å². The number of benzene rings is 3. The molecule has 3 aromatic rings. The predicted octanol–water partition coefficient (Wildman–Crippen LogP) is 6.07. The first-order valence-corrected chi connectivity index (χ1v) is 14.7. The van der Waals surface area contributed by atoms with Crippen LogP contribution in [0.3, 0.4) is 0 Å². The van der Waals surface area contributed by atoms with E-state index in [0.717, 1.165) is 0 Å². The molecule has 0 bridgehead atoms. The summed E-state index contributed by atoms with van der Waals surface area (Å²) in [4.78, 5) is 43.0. The number of methoxy groups -OCH3 is 2. The Bertz CT molecular complexity index is 1430. The smallest absolute Gasteiger partial charge is 0.407 e. The van der Waals surface area contributed by atoms with Crippen LogP contribution in [0.4, 0.5) is 9.18 Å².